The van der Waals surface area contributed by atoms with Gasteiger partial charge in [-0.1, -0.05) is 82.3 Å². The first-order valence-electron chi connectivity index (χ1n) is 21.3. The van der Waals surface area contributed by atoms with Gasteiger partial charge in [0.1, 0.15) is 11.9 Å². The summed E-state index contributed by atoms with van der Waals surface area (Å²) in [6.45, 7) is 13.4. The number of alkyl carbamates (subject to hydrolysis) is 1. The number of nitrogens with one attached hydrogen (secondary N) is 3. The average molecular weight is 798 g/mol. The quantitative estimate of drug-likeness (QED) is 0.115. The Labute approximate surface area is 348 Å². The average Bonchev–Trinajstić information content (AvgIpc) is 4.09. The van der Waals surface area contributed by atoms with Crippen LogP contribution in [-0.4, -0.2) is 63.2 Å². The van der Waals surface area contributed by atoms with Crippen LogP contribution < -0.4 is 10.6 Å². The number of benzene rings is 2. The molecule has 2 bridgehead atoms. The van der Waals surface area contributed by atoms with Crippen LogP contribution in [-0.2, 0) is 20.9 Å². The predicted octanol–water partition coefficient (Wildman–Crippen LogP) is 9.11. The lowest BCUT2D eigenvalue weighted by atomic mass is 9.76. The molecule has 3 heterocycles. The summed E-state index contributed by atoms with van der Waals surface area (Å²) in [6, 6.07) is 20.2. The molecule has 3 aliphatic rings. The molecule has 3 N–H and O–H groups in total. The molecule has 1 saturated heterocycles. The smallest absolute Gasteiger partial charge is 0.407 e. The minimum absolute atomic E-state index is 0.0377. The van der Waals surface area contributed by atoms with Gasteiger partial charge in [-0.2, -0.15) is 0 Å². The maximum atomic E-state index is 13.6. The number of nitrogens with zero attached hydrogens (tertiary/aromatic N) is 4. The molecule has 7 rings (SSSR count). The molecule has 11 nitrogen and oxygen atoms in total. The Bertz CT molecular complexity index is 2170. The van der Waals surface area contributed by atoms with Gasteiger partial charge in [0, 0.05) is 48.7 Å². The van der Waals surface area contributed by atoms with Gasteiger partial charge >= 0.3 is 6.09 Å². The van der Waals surface area contributed by atoms with Crippen molar-refractivity contribution in [3.05, 3.63) is 102 Å². The van der Waals surface area contributed by atoms with Crippen molar-refractivity contribution < 1.29 is 19.1 Å². The third-order valence-corrected chi connectivity index (χ3v) is 12.8. The minimum Gasteiger partial charge on any atom is -0.453 e. The second-order valence-corrected chi connectivity index (χ2v) is 17.3. The zero-order valence-electron chi connectivity index (χ0n) is 35.5. The summed E-state index contributed by atoms with van der Waals surface area (Å²) in [6.07, 6.45) is 10.1. The topological polar surface area (TPSA) is 142 Å². The fourth-order valence-electron chi connectivity index (χ4n) is 9.43. The Morgan fingerprint density at radius 2 is 1.56 bits per heavy atom. The summed E-state index contributed by atoms with van der Waals surface area (Å²) >= 11 is 0. The van der Waals surface area contributed by atoms with Crippen molar-refractivity contribution in [1.82, 2.24) is 30.5 Å². The number of rotatable bonds is 13. The molecule has 2 saturated carbocycles. The van der Waals surface area contributed by atoms with Gasteiger partial charge in [0.25, 0.3) is 0 Å². The van der Waals surface area contributed by atoms with E-state index in [0.29, 0.717) is 30.8 Å². The van der Waals surface area contributed by atoms with Crippen LogP contribution in [0.1, 0.15) is 108 Å². The van der Waals surface area contributed by atoms with Crippen molar-refractivity contribution in [2.45, 2.75) is 98.2 Å². The van der Waals surface area contributed by atoms with Crippen LogP contribution in [0.4, 0.5) is 4.79 Å². The van der Waals surface area contributed by atoms with E-state index in [0.717, 1.165) is 82.0 Å². The van der Waals surface area contributed by atoms with E-state index in [1.54, 1.807) is 0 Å². The summed E-state index contributed by atoms with van der Waals surface area (Å²) in [5.74, 6) is 2.10. The number of amides is 3. The molecule has 11 heteroatoms. The monoisotopic (exact) mass is 797 g/mol. The normalized spacial score (nSPS) is 22.3. The van der Waals surface area contributed by atoms with Crippen molar-refractivity contribution in [3.8, 4) is 22.4 Å². The zero-order chi connectivity index (χ0) is 41.8. The van der Waals surface area contributed by atoms with E-state index in [2.05, 4.69) is 109 Å². The Kier molecular flexibility index (Phi) is 12.8. The lowest BCUT2D eigenvalue weighted by Gasteiger charge is -2.30. The van der Waals surface area contributed by atoms with Gasteiger partial charge in [-0.25, -0.2) is 9.78 Å². The van der Waals surface area contributed by atoms with E-state index in [-0.39, 0.29) is 35.6 Å². The van der Waals surface area contributed by atoms with Crippen LogP contribution in [0.25, 0.3) is 28.0 Å². The van der Waals surface area contributed by atoms with E-state index < -0.39 is 12.1 Å². The molecule has 0 radical (unpaired) electrons. The summed E-state index contributed by atoms with van der Waals surface area (Å²) in [5, 5.41) is 5.94. The van der Waals surface area contributed by atoms with Crippen LogP contribution in [0.15, 0.2) is 84.2 Å². The maximum Gasteiger partial charge on any atom is 0.407 e. The van der Waals surface area contributed by atoms with E-state index in [1.165, 1.54) is 13.5 Å². The van der Waals surface area contributed by atoms with Crippen LogP contribution in [0.2, 0.25) is 0 Å². The highest BCUT2D eigenvalue weighted by Gasteiger charge is 2.51. The minimum atomic E-state index is -0.675. The molecular formula is C48H59N7O4. The van der Waals surface area contributed by atoms with Gasteiger partial charge in [0.2, 0.25) is 11.8 Å². The van der Waals surface area contributed by atoms with Gasteiger partial charge in [0.05, 0.1) is 25.0 Å². The summed E-state index contributed by atoms with van der Waals surface area (Å²) < 4.78 is 4.77. The Morgan fingerprint density at radius 3 is 2.20 bits per heavy atom. The Balaban J connectivity index is 0.970. The maximum absolute atomic E-state index is 13.6. The Hall–Kier alpha value is -5.58. The van der Waals surface area contributed by atoms with Crippen molar-refractivity contribution in [2.75, 3.05) is 13.7 Å². The zero-order valence-corrected chi connectivity index (χ0v) is 35.5. The number of carbonyl (C=O) groups excluding carboxylic acids is 3. The summed E-state index contributed by atoms with van der Waals surface area (Å²) in [7, 11) is 1.30. The second-order valence-electron chi connectivity index (χ2n) is 17.3. The lowest BCUT2D eigenvalue weighted by Crippen LogP contribution is -2.51. The number of allylic oxidation sites excluding steroid dienone is 1. The van der Waals surface area contributed by atoms with Gasteiger partial charge in [-0.15, -0.1) is 0 Å². The number of carbonyl (C=O) groups is 3. The predicted molar refractivity (Wildman–Crippen MR) is 232 cm³/mol. The molecule has 2 aromatic carbocycles. The lowest BCUT2D eigenvalue weighted by molar-refractivity contribution is -0.135. The van der Waals surface area contributed by atoms with Gasteiger partial charge in [0.15, 0.2) is 0 Å². The number of aliphatic imine (C=N–C) groups is 1. The fraction of sp³-hybridized carbons (Fsp3) is 0.458. The first-order chi connectivity index (χ1) is 28.4. The standard InChI is InChI=1S/C48H59N7O4/c1-28(2)39-21-10-32(25-50-39)26-52-46(56)43-38-20-19-37(23-38)42(43)31(6)49-24-30(5)33-11-13-34(14-12-33)35-15-17-36(18-16-35)40-27-51-45(53-40)41-9-8-22-55(41)47(57)44(29(3)4)54-48(58)59-7/h10-18,21,24-25,27-29,37-38,41-44H,8-9,19-20,22-23,26H2,1-7H3,(H,51,53)(H,52,56)(H,54,58)/b30-24+,49-31?/t37?,38?,41-,42+,43?,44-/m0/s1. The highest BCUT2D eigenvalue weighted by molar-refractivity contribution is 5.93. The third-order valence-electron chi connectivity index (χ3n) is 12.8. The number of hydrogen-bond donors (Lipinski definition) is 3. The third kappa shape index (κ3) is 9.19. The number of aromatic amines is 1. The first kappa shape index (κ1) is 41.6. The van der Waals surface area contributed by atoms with E-state index in [1.807, 2.05) is 37.3 Å². The van der Waals surface area contributed by atoms with Crippen LogP contribution in [0, 0.1) is 29.6 Å². The van der Waals surface area contributed by atoms with Crippen LogP contribution in [0.3, 0.4) is 0 Å². The van der Waals surface area contributed by atoms with Gasteiger partial charge in [-0.3, -0.25) is 19.6 Å². The van der Waals surface area contributed by atoms with E-state index in [9.17, 15) is 14.4 Å². The number of H-pyrrole nitrogens is 1. The second kappa shape index (κ2) is 18.1. The molecular weight excluding hydrogens is 739 g/mol. The Morgan fingerprint density at radius 1 is 0.881 bits per heavy atom. The van der Waals surface area contributed by atoms with Crippen molar-refractivity contribution in [2.24, 2.45) is 34.6 Å². The van der Waals surface area contributed by atoms with Crippen LogP contribution >= 0.6 is 0 Å². The number of hydrogen-bond acceptors (Lipinski definition) is 7. The number of ether oxygens (including phenoxy) is 1. The number of likely N-dealkylation sites (tertiary alicyclic amines) is 1. The van der Waals surface area contributed by atoms with E-state index in [4.69, 9.17) is 14.7 Å². The largest absolute Gasteiger partial charge is 0.453 e. The molecule has 59 heavy (non-hydrogen) atoms. The molecule has 4 aromatic rings. The van der Waals surface area contributed by atoms with Crippen molar-refractivity contribution in [1.29, 1.82) is 0 Å². The highest BCUT2D eigenvalue weighted by atomic mass is 16.5. The van der Waals surface area contributed by atoms with E-state index >= 15 is 0 Å². The molecule has 310 valence electrons. The fourth-order valence-corrected chi connectivity index (χ4v) is 9.43. The molecule has 3 unspecified atom stereocenters. The van der Waals surface area contributed by atoms with Gasteiger partial charge < -0.3 is 25.3 Å². The number of imidazole rings is 1. The summed E-state index contributed by atoms with van der Waals surface area (Å²) in [5.41, 5.74) is 9.40. The molecule has 3 amide bonds. The molecule has 3 fully saturated rings. The number of methoxy groups -OCH3 is 1. The molecule has 0 spiro atoms. The number of aromatic nitrogens is 3. The molecule has 6 atom stereocenters. The SMILES string of the molecule is COC(=O)N[C@H](C(=O)N1CCC[C@H]1c1ncc(-c2ccc(-c3ccc(/C(C)=C/N=C(C)[C@@H]4C5CCC(C5)C4C(=O)NCc4ccc(C(C)C)nc4)cc3)cc2)[nH]1)C(C)C. The van der Waals surface area contributed by atoms with Crippen molar-refractivity contribution in [3.63, 3.8) is 0 Å². The molecule has 1 aliphatic heterocycles. The molecule has 2 aliphatic carbocycles. The van der Waals surface area contributed by atoms with Crippen molar-refractivity contribution >= 4 is 29.2 Å². The number of fused-ring (bicyclic) bond motifs is 2. The van der Waals surface area contributed by atoms with Crippen LogP contribution in [0.5, 0.6) is 0 Å². The highest BCUT2D eigenvalue weighted by Crippen LogP contribution is 2.53. The first-order valence-corrected chi connectivity index (χ1v) is 21.3. The number of pyridine rings is 1. The summed E-state index contributed by atoms with van der Waals surface area (Å²) in [4.78, 5) is 58.7. The molecule has 2 aromatic heterocycles. The van der Waals surface area contributed by atoms with Gasteiger partial charge in [-0.05, 0) is 109 Å².